The van der Waals surface area contributed by atoms with Gasteiger partial charge in [-0.15, -0.1) is 0 Å². The number of halogens is 2. The van der Waals surface area contributed by atoms with E-state index in [0.29, 0.717) is 6.10 Å². The Bertz CT molecular complexity index is 964. The smallest absolute Gasteiger partial charge is 0.122 e. The quantitative estimate of drug-likeness (QED) is 0.341. The average Bonchev–Trinajstić information content (AvgIpc) is 3.66. The van der Waals surface area contributed by atoms with Gasteiger partial charge in [0.1, 0.15) is 5.76 Å². The van der Waals surface area contributed by atoms with Gasteiger partial charge in [0, 0.05) is 14.5 Å². The lowest BCUT2D eigenvalue weighted by atomic mass is 9.84. The molecule has 3 fully saturated rings. The van der Waals surface area contributed by atoms with Crippen LogP contribution in [0.2, 0.25) is 0 Å². The molecule has 4 aliphatic rings. The molecule has 2 saturated carbocycles. The van der Waals surface area contributed by atoms with Crippen molar-refractivity contribution in [1.82, 2.24) is 0 Å². The molecule has 3 atom stereocenters. The van der Waals surface area contributed by atoms with E-state index in [-0.39, 0.29) is 0 Å². The molecule has 0 spiro atoms. The van der Waals surface area contributed by atoms with Gasteiger partial charge in [-0.05, 0) is 78.8 Å². The molecule has 2 nitrogen and oxygen atoms in total. The van der Waals surface area contributed by atoms with Crippen LogP contribution < -0.4 is 0 Å². The predicted octanol–water partition coefficient (Wildman–Crippen LogP) is 10.1. The fourth-order valence-corrected chi connectivity index (χ4v) is 7.20. The van der Waals surface area contributed by atoms with E-state index in [1.807, 2.05) is 0 Å². The Morgan fingerprint density at radius 3 is 1.69 bits per heavy atom. The van der Waals surface area contributed by atoms with E-state index in [4.69, 9.17) is 9.47 Å². The highest BCUT2D eigenvalue weighted by Crippen LogP contribution is 2.40. The SMILES string of the molecule is Brc1ccc(C2=CCC(C3CCCC3)CO2)cc1.Brc1ccc(C2CCC(C3CCCC3)CO2)cc1. The molecule has 0 radical (unpaired) electrons. The third-order valence-corrected chi connectivity index (χ3v) is 9.93. The topological polar surface area (TPSA) is 18.5 Å². The minimum atomic E-state index is 0.329. The van der Waals surface area contributed by atoms with Crippen LogP contribution in [0.3, 0.4) is 0 Å². The summed E-state index contributed by atoms with van der Waals surface area (Å²) in [6, 6.07) is 17.0. The van der Waals surface area contributed by atoms with Gasteiger partial charge in [0.2, 0.25) is 0 Å². The van der Waals surface area contributed by atoms with E-state index < -0.39 is 0 Å². The highest BCUT2D eigenvalue weighted by molar-refractivity contribution is 9.10. The standard InChI is InChI=1S/C16H21BrO.C16H19BrO/c2*17-15-8-5-13(6-9-15)16-10-7-14(11-18-16)12-3-1-2-4-12/h5-6,8-9,12,14,16H,1-4,7,10-11H2;5-6,8-10,12,14H,1-4,7,11H2. The highest BCUT2D eigenvalue weighted by Gasteiger charge is 2.30. The molecular formula is C32H40Br2O2. The van der Waals surface area contributed by atoms with E-state index in [0.717, 1.165) is 51.6 Å². The molecule has 1 saturated heterocycles. The maximum atomic E-state index is 6.11. The zero-order chi connectivity index (χ0) is 24.7. The Morgan fingerprint density at radius 2 is 1.17 bits per heavy atom. The summed E-state index contributed by atoms with van der Waals surface area (Å²) in [7, 11) is 0. The van der Waals surface area contributed by atoms with Crippen LogP contribution in [-0.4, -0.2) is 13.2 Å². The van der Waals surface area contributed by atoms with E-state index >= 15 is 0 Å². The average molecular weight is 616 g/mol. The fourth-order valence-electron chi connectivity index (χ4n) is 6.67. The van der Waals surface area contributed by atoms with Crippen LogP contribution >= 0.6 is 31.9 Å². The van der Waals surface area contributed by atoms with Gasteiger partial charge < -0.3 is 9.47 Å². The third kappa shape index (κ3) is 7.05. The molecule has 0 aromatic heterocycles. The molecule has 2 aromatic rings. The van der Waals surface area contributed by atoms with Crippen molar-refractivity contribution in [2.24, 2.45) is 23.7 Å². The molecule has 2 aliphatic carbocycles. The summed E-state index contributed by atoms with van der Waals surface area (Å²) < 4.78 is 14.3. The molecule has 194 valence electrons. The van der Waals surface area contributed by atoms with Gasteiger partial charge in [-0.1, -0.05) is 107 Å². The molecule has 4 heteroatoms. The zero-order valence-corrected chi connectivity index (χ0v) is 24.5. The second kappa shape index (κ2) is 13.1. The van der Waals surface area contributed by atoms with Crippen molar-refractivity contribution in [3.05, 3.63) is 74.7 Å². The Balaban J connectivity index is 0.000000148. The molecule has 2 heterocycles. The monoisotopic (exact) mass is 614 g/mol. The van der Waals surface area contributed by atoms with E-state index in [2.05, 4.69) is 86.5 Å². The van der Waals surface area contributed by atoms with Crippen molar-refractivity contribution < 1.29 is 9.47 Å². The number of rotatable bonds is 4. The van der Waals surface area contributed by atoms with E-state index in [9.17, 15) is 0 Å². The lowest BCUT2D eigenvalue weighted by Crippen LogP contribution is -2.25. The van der Waals surface area contributed by atoms with Crippen LogP contribution in [0.4, 0.5) is 0 Å². The Hall–Kier alpha value is -1.10. The molecule has 0 amide bonds. The van der Waals surface area contributed by atoms with Gasteiger partial charge in [0.05, 0.1) is 19.3 Å². The first-order valence-corrected chi connectivity index (χ1v) is 15.7. The molecule has 0 N–H and O–H groups in total. The first-order valence-electron chi connectivity index (χ1n) is 14.1. The van der Waals surface area contributed by atoms with Crippen LogP contribution in [-0.2, 0) is 9.47 Å². The van der Waals surface area contributed by atoms with Crippen molar-refractivity contribution in [3.8, 4) is 0 Å². The Labute approximate surface area is 234 Å². The highest BCUT2D eigenvalue weighted by atomic mass is 79.9. The van der Waals surface area contributed by atoms with Gasteiger partial charge in [0.25, 0.3) is 0 Å². The zero-order valence-electron chi connectivity index (χ0n) is 21.3. The van der Waals surface area contributed by atoms with E-state index in [1.165, 1.54) is 81.8 Å². The summed E-state index contributed by atoms with van der Waals surface area (Å²) in [6.07, 6.45) is 17.8. The van der Waals surface area contributed by atoms with E-state index in [1.54, 1.807) is 0 Å². The van der Waals surface area contributed by atoms with Gasteiger partial charge in [-0.3, -0.25) is 0 Å². The fraction of sp³-hybridized carbons (Fsp3) is 0.562. The van der Waals surface area contributed by atoms with Crippen LogP contribution in [0.15, 0.2) is 63.6 Å². The van der Waals surface area contributed by atoms with Gasteiger partial charge in [0.15, 0.2) is 0 Å². The summed E-state index contributed by atoms with van der Waals surface area (Å²) in [4.78, 5) is 0. The summed E-state index contributed by atoms with van der Waals surface area (Å²) in [5.74, 6) is 4.52. The predicted molar refractivity (Wildman–Crippen MR) is 156 cm³/mol. The maximum Gasteiger partial charge on any atom is 0.122 e. The van der Waals surface area contributed by atoms with Crippen LogP contribution in [0, 0.1) is 23.7 Å². The minimum Gasteiger partial charge on any atom is -0.493 e. The molecule has 0 bridgehead atoms. The van der Waals surface area contributed by atoms with Crippen LogP contribution in [0.1, 0.15) is 87.9 Å². The number of benzene rings is 2. The summed E-state index contributed by atoms with van der Waals surface area (Å²) in [5, 5.41) is 0. The largest absolute Gasteiger partial charge is 0.493 e. The number of hydrogen-bond donors (Lipinski definition) is 0. The molecule has 3 unspecified atom stereocenters. The van der Waals surface area contributed by atoms with Gasteiger partial charge in [-0.25, -0.2) is 0 Å². The minimum absolute atomic E-state index is 0.329. The lowest BCUT2D eigenvalue weighted by molar-refractivity contribution is -0.0329. The van der Waals surface area contributed by atoms with Crippen molar-refractivity contribution in [3.63, 3.8) is 0 Å². The third-order valence-electron chi connectivity index (χ3n) is 8.87. The van der Waals surface area contributed by atoms with Crippen molar-refractivity contribution in [1.29, 1.82) is 0 Å². The lowest BCUT2D eigenvalue weighted by Gasteiger charge is -2.32. The second-order valence-electron chi connectivity index (χ2n) is 11.2. The second-order valence-corrected chi connectivity index (χ2v) is 13.0. The van der Waals surface area contributed by atoms with Crippen molar-refractivity contribution >= 4 is 37.6 Å². The first-order chi connectivity index (χ1) is 17.7. The molecular weight excluding hydrogens is 576 g/mol. The van der Waals surface area contributed by atoms with Crippen molar-refractivity contribution in [2.45, 2.75) is 76.7 Å². The molecule has 6 rings (SSSR count). The Morgan fingerprint density at radius 1 is 0.583 bits per heavy atom. The van der Waals surface area contributed by atoms with Crippen LogP contribution in [0.25, 0.3) is 5.76 Å². The Kier molecular flexibility index (Phi) is 9.65. The summed E-state index contributed by atoms with van der Waals surface area (Å²) in [5.41, 5.74) is 2.53. The normalized spacial score (nSPS) is 27.2. The number of allylic oxidation sites excluding steroid dienone is 1. The molecule has 36 heavy (non-hydrogen) atoms. The van der Waals surface area contributed by atoms with Gasteiger partial charge in [-0.2, -0.15) is 0 Å². The maximum absolute atomic E-state index is 6.11. The number of ether oxygens (including phenoxy) is 2. The van der Waals surface area contributed by atoms with Crippen molar-refractivity contribution in [2.75, 3.05) is 13.2 Å². The number of hydrogen-bond acceptors (Lipinski definition) is 2. The van der Waals surface area contributed by atoms with Crippen LogP contribution in [0.5, 0.6) is 0 Å². The molecule has 2 aliphatic heterocycles. The molecule has 2 aromatic carbocycles. The summed E-state index contributed by atoms with van der Waals surface area (Å²) >= 11 is 6.95. The first kappa shape index (κ1) is 26.5. The summed E-state index contributed by atoms with van der Waals surface area (Å²) in [6.45, 7) is 1.89. The van der Waals surface area contributed by atoms with Gasteiger partial charge >= 0.3 is 0 Å².